The zero-order valence-corrected chi connectivity index (χ0v) is 39.9. The topological polar surface area (TPSA) is 139 Å². The molecule has 4 fully saturated rings. The van der Waals surface area contributed by atoms with Gasteiger partial charge in [0.25, 0.3) is 11.8 Å². The summed E-state index contributed by atoms with van der Waals surface area (Å²) in [5, 5.41) is 1.04. The highest BCUT2D eigenvalue weighted by Crippen LogP contribution is 2.32. The van der Waals surface area contributed by atoms with Gasteiger partial charge in [-0.3, -0.25) is 19.4 Å². The highest BCUT2D eigenvalue weighted by atomic mass is 35.5. The van der Waals surface area contributed by atoms with Crippen LogP contribution in [0.5, 0.6) is 0 Å². The highest BCUT2D eigenvalue weighted by Gasteiger charge is 2.38. The smallest absolute Gasteiger partial charge is 0.267 e. The molecule has 0 spiro atoms. The molecule has 21 heteroatoms. The third kappa shape index (κ3) is 12.1. The Morgan fingerprint density at radius 2 is 0.938 bits per heavy atom. The van der Waals surface area contributed by atoms with Crippen molar-refractivity contribution in [2.75, 3.05) is 62.2 Å². The maximum atomic E-state index is 14.6. The van der Waals surface area contributed by atoms with Crippen molar-refractivity contribution in [2.24, 2.45) is 0 Å². The van der Waals surface area contributed by atoms with E-state index in [9.17, 15) is 35.2 Å². The van der Waals surface area contributed by atoms with Crippen molar-refractivity contribution in [1.82, 2.24) is 19.2 Å². The lowest BCUT2D eigenvalue weighted by Gasteiger charge is -2.36. The summed E-state index contributed by atoms with van der Waals surface area (Å²) in [5.41, 5.74) is 3.43. The van der Waals surface area contributed by atoms with Gasteiger partial charge in [-0.25, -0.2) is 35.1 Å². The zero-order chi connectivity index (χ0) is 46.1. The fraction of sp³-hybridized carbons (Fsp3) is 0.395. The number of halogens is 7. The third-order valence-electron chi connectivity index (χ3n) is 11.5. The Labute approximate surface area is 396 Å². The van der Waals surface area contributed by atoms with Gasteiger partial charge in [-0.15, -0.1) is 0 Å². The van der Waals surface area contributed by atoms with E-state index in [1.165, 1.54) is 24.3 Å². The maximum absolute atomic E-state index is 14.6. The van der Waals surface area contributed by atoms with E-state index >= 15 is 0 Å². The molecule has 4 aliphatic rings. The van der Waals surface area contributed by atoms with Crippen molar-refractivity contribution >= 4 is 101 Å². The number of hydrogen-bond acceptors (Lipinski definition) is 10. The minimum Gasteiger partial charge on any atom is -0.369 e. The number of amides is 2. The van der Waals surface area contributed by atoms with Crippen molar-refractivity contribution in [3.8, 4) is 0 Å². The predicted octanol–water partition coefficient (Wildman–Crippen LogP) is 8.32. The van der Waals surface area contributed by atoms with E-state index in [1.54, 1.807) is 6.07 Å². The molecular formula is C43H45Cl5F2N6O6S2. The average molecular weight is 1020 g/mol. The Morgan fingerprint density at radius 1 is 0.547 bits per heavy atom. The average Bonchev–Trinajstić information content (AvgIpc) is 4.17. The van der Waals surface area contributed by atoms with Crippen LogP contribution in [0.4, 0.5) is 20.2 Å². The number of aryl methyl sites for hydroxylation is 1. The van der Waals surface area contributed by atoms with Gasteiger partial charge in [0.1, 0.15) is 11.6 Å². The van der Waals surface area contributed by atoms with Crippen LogP contribution in [0.3, 0.4) is 0 Å². The van der Waals surface area contributed by atoms with Gasteiger partial charge in [0.15, 0.2) is 0 Å². The van der Waals surface area contributed by atoms with Gasteiger partial charge in [0, 0.05) is 91.9 Å². The lowest BCUT2D eigenvalue weighted by molar-refractivity contribution is 0.0968. The summed E-state index contributed by atoms with van der Waals surface area (Å²) < 4.78 is 80.9. The van der Waals surface area contributed by atoms with Crippen LogP contribution in [0.2, 0.25) is 25.1 Å². The summed E-state index contributed by atoms with van der Waals surface area (Å²) in [6.45, 7) is 8.84. The highest BCUT2D eigenvalue weighted by molar-refractivity contribution is 7.91. The van der Waals surface area contributed by atoms with E-state index in [-0.39, 0.29) is 21.2 Å². The molecule has 12 nitrogen and oxygen atoms in total. The molecule has 4 aromatic carbocycles. The number of benzene rings is 4. The van der Waals surface area contributed by atoms with E-state index in [2.05, 4.69) is 25.7 Å². The summed E-state index contributed by atoms with van der Waals surface area (Å²) in [6.07, 6.45) is 2.02. The molecule has 2 heterocycles. The number of hydrogen-bond donors (Lipinski definition) is 2. The summed E-state index contributed by atoms with van der Waals surface area (Å²) >= 11 is 31.0. The minimum atomic E-state index is -3.77. The van der Waals surface area contributed by atoms with E-state index in [0.717, 1.165) is 74.3 Å². The van der Waals surface area contributed by atoms with E-state index in [1.807, 2.05) is 40.6 Å². The number of anilines is 2. The second kappa shape index (κ2) is 20.2. The standard InChI is InChI=1S/C22H24Cl2FN3O3S.C21H21Cl3FN3O3S/c1-14-2-3-16(11-19(14)23)28-8-6-27(7-9-28)13-15-10-21(25)18(12-20(15)24)22(29)26-32(30,31)17-4-5-17;22-17-4-1-14(10-19(17)24)28-7-5-27(6-8-28)12-13-9-20(25)16(11-18(13)23)21(29)26-32(30,31)15-2-3-15/h2-3,10-12,17H,4-9,13H2,1H3,(H,26,29);1,4,9-11,15H,2-3,5-8,12H2,(H,26,29). The fourth-order valence-electron chi connectivity index (χ4n) is 7.33. The number of sulfonamides is 2. The van der Waals surface area contributed by atoms with Crippen molar-refractivity contribution in [3.05, 3.63) is 125 Å². The molecule has 0 radical (unpaired) electrons. The molecular weight excluding hydrogens is 976 g/mol. The van der Waals surface area contributed by atoms with Gasteiger partial charge >= 0.3 is 0 Å². The minimum absolute atomic E-state index is 0.215. The van der Waals surface area contributed by atoms with Gasteiger partial charge in [0.05, 0.1) is 31.7 Å². The van der Waals surface area contributed by atoms with Crippen LogP contribution in [-0.4, -0.2) is 101 Å². The van der Waals surface area contributed by atoms with Crippen LogP contribution < -0.4 is 19.2 Å². The molecule has 0 unspecified atom stereocenters. The molecule has 0 atom stereocenters. The van der Waals surface area contributed by atoms with Crippen LogP contribution in [0.1, 0.15) is 63.1 Å². The molecule has 2 N–H and O–H groups in total. The number of carbonyl (C=O) groups excluding carboxylic acids is 2. The van der Waals surface area contributed by atoms with Gasteiger partial charge in [-0.2, -0.15) is 0 Å². The lowest BCUT2D eigenvalue weighted by atomic mass is 10.1. The molecule has 2 saturated heterocycles. The van der Waals surface area contributed by atoms with Crippen LogP contribution in [0, 0.1) is 18.6 Å². The van der Waals surface area contributed by atoms with Gasteiger partial charge in [-0.1, -0.05) is 64.1 Å². The molecule has 0 aromatic heterocycles. The van der Waals surface area contributed by atoms with Crippen LogP contribution in [-0.2, 0) is 33.1 Å². The van der Waals surface area contributed by atoms with E-state index in [4.69, 9.17) is 58.0 Å². The Balaban J connectivity index is 0.000000191. The van der Waals surface area contributed by atoms with Crippen LogP contribution in [0.15, 0.2) is 60.7 Å². The van der Waals surface area contributed by atoms with Gasteiger partial charge in [-0.05, 0) is 104 Å². The lowest BCUT2D eigenvalue weighted by Crippen LogP contribution is -2.46. The largest absolute Gasteiger partial charge is 0.369 e. The molecule has 64 heavy (non-hydrogen) atoms. The monoisotopic (exact) mass is 1020 g/mol. The van der Waals surface area contributed by atoms with E-state index < -0.39 is 54.0 Å². The Hall–Kier alpha value is -3.45. The van der Waals surface area contributed by atoms with Crippen molar-refractivity contribution in [2.45, 2.75) is 56.2 Å². The first kappa shape index (κ1) is 48.5. The quantitative estimate of drug-likeness (QED) is 0.143. The van der Waals surface area contributed by atoms with Crippen LogP contribution >= 0.6 is 58.0 Å². The number of nitrogens with one attached hydrogen (secondary N) is 2. The third-order valence-corrected chi connectivity index (χ3v) is 17.0. The molecule has 2 aliphatic carbocycles. The van der Waals surface area contributed by atoms with Crippen LogP contribution in [0.25, 0.3) is 0 Å². The second-order valence-corrected chi connectivity index (χ2v) is 22.2. The molecule has 2 saturated carbocycles. The number of nitrogens with zero attached hydrogens (tertiary/aromatic N) is 4. The first-order valence-electron chi connectivity index (χ1n) is 20.5. The SMILES string of the molecule is Cc1ccc(N2CCN(Cc3cc(F)c(C(=O)NS(=O)(=O)C4CC4)cc3Cl)CC2)cc1Cl.O=C(NS(=O)(=O)C1CC1)c1cc(Cl)c(CN2CCN(c3ccc(Cl)c(Cl)c3)CC2)cc1F. The van der Waals surface area contributed by atoms with E-state index in [0.29, 0.717) is 59.9 Å². The first-order valence-corrected chi connectivity index (χ1v) is 25.5. The number of piperazine rings is 2. The summed E-state index contributed by atoms with van der Waals surface area (Å²) in [6, 6.07) is 16.3. The molecule has 0 bridgehead atoms. The van der Waals surface area contributed by atoms with Gasteiger partial charge in [0.2, 0.25) is 20.0 Å². The first-order chi connectivity index (χ1) is 30.3. The van der Waals surface area contributed by atoms with Crippen molar-refractivity contribution in [1.29, 1.82) is 0 Å². The summed E-state index contributed by atoms with van der Waals surface area (Å²) in [5.74, 6) is -3.59. The van der Waals surface area contributed by atoms with Gasteiger partial charge < -0.3 is 9.80 Å². The number of carbonyl (C=O) groups is 2. The molecule has 8 rings (SSSR count). The molecule has 344 valence electrons. The predicted molar refractivity (Wildman–Crippen MR) is 249 cm³/mol. The summed E-state index contributed by atoms with van der Waals surface area (Å²) in [7, 11) is -7.53. The van der Waals surface area contributed by atoms with Crippen molar-refractivity contribution in [3.63, 3.8) is 0 Å². The fourth-order valence-corrected chi connectivity index (χ4v) is 10.8. The normalized spacial score (nSPS) is 17.4. The Bertz CT molecular complexity index is 2480. The molecule has 4 aromatic rings. The zero-order valence-electron chi connectivity index (χ0n) is 34.5. The summed E-state index contributed by atoms with van der Waals surface area (Å²) in [4.78, 5) is 33.3. The molecule has 2 amide bonds. The second-order valence-electron chi connectivity index (χ2n) is 16.3. The Morgan fingerprint density at radius 3 is 1.31 bits per heavy atom. The van der Waals surface area contributed by atoms with Crippen molar-refractivity contribution < 1.29 is 35.2 Å². The molecule has 2 aliphatic heterocycles. The maximum Gasteiger partial charge on any atom is 0.267 e. The Kier molecular flexibility index (Phi) is 15.3. The number of rotatable bonds is 12.